The lowest BCUT2D eigenvalue weighted by molar-refractivity contribution is 0.122. The number of aliphatic hydroxyl groups is 1. The summed E-state index contributed by atoms with van der Waals surface area (Å²) in [7, 11) is 1.59. The SMILES string of the molecule is COc1ccc(C(O)C(C)C)nc1. The highest BCUT2D eigenvalue weighted by atomic mass is 16.5. The molecule has 0 aliphatic heterocycles. The van der Waals surface area contributed by atoms with Gasteiger partial charge in [-0.1, -0.05) is 13.8 Å². The molecule has 0 saturated heterocycles. The predicted molar refractivity (Wildman–Crippen MR) is 50.6 cm³/mol. The first-order valence-electron chi connectivity index (χ1n) is 4.33. The molecule has 72 valence electrons. The van der Waals surface area contributed by atoms with Crippen molar-refractivity contribution in [3.05, 3.63) is 24.0 Å². The first-order valence-corrected chi connectivity index (χ1v) is 4.33. The quantitative estimate of drug-likeness (QED) is 0.772. The van der Waals surface area contributed by atoms with Crippen molar-refractivity contribution in [3.8, 4) is 5.75 Å². The van der Waals surface area contributed by atoms with E-state index in [2.05, 4.69) is 4.98 Å². The lowest BCUT2D eigenvalue weighted by Gasteiger charge is -2.13. The summed E-state index contributed by atoms with van der Waals surface area (Å²) < 4.78 is 4.97. The molecule has 0 aliphatic carbocycles. The monoisotopic (exact) mass is 181 g/mol. The topological polar surface area (TPSA) is 42.4 Å². The van der Waals surface area contributed by atoms with Crippen LogP contribution in [0.25, 0.3) is 0 Å². The van der Waals surface area contributed by atoms with Gasteiger partial charge in [0.05, 0.1) is 25.1 Å². The Labute approximate surface area is 78.4 Å². The zero-order valence-corrected chi connectivity index (χ0v) is 8.19. The van der Waals surface area contributed by atoms with Gasteiger partial charge in [0, 0.05) is 0 Å². The fourth-order valence-corrected chi connectivity index (χ4v) is 1.03. The zero-order chi connectivity index (χ0) is 9.84. The minimum Gasteiger partial charge on any atom is -0.495 e. The van der Waals surface area contributed by atoms with Crippen molar-refractivity contribution in [1.82, 2.24) is 4.98 Å². The zero-order valence-electron chi connectivity index (χ0n) is 8.19. The Kier molecular flexibility index (Phi) is 3.25. The summed E-state index contributed by atoms with van der Waals surface area (Å²) in [6.45, 7) is 3.91. The van der Waals surface area contributed by atoms with Gasteiger partial charge in [-0.15, -0.1) is 0 Å². The van der Waals surface area contributed by atoms with Crippen LogP contribution in [0, 0.1) is 5.92 Å². The van der Waals surface area contributed by atoms with Gasteiger partial charge in [-0.25, -0.2) is 0 Å². The van der Waals surface area contributed by atoms with Crippen LogP contribution >= 0.6 is 0 Å². The third-order valence-electron chi connectivity index (χ3n) is 1.93. The highest BCUT2D eigenvalue weighted by Gasteiger charge is 2.12. The number of methoxy groups -OCH3 is 1. The Balaban J connectivity index is 2.79. The first-order chi connectivity index (χ1) is 6.15. The average molecular weight is 181 g/mol. The van der Waals surface area contributed by atoms with Crippen LogP contribution in [0.5, 0.6) is 5.75 Å². The van der Waals surface area contributed by atoms with E-state index in [0.717, 1.165) is 0 Å². The molecule has 0 bridgehead atoms. The lowest BCUT2D eigenvalue weighted by atomic mass is 10.0. The van der Waals surface area contributed by atoms with Crippen LogP contribution in [-0.2, 0) is 0 Å². The van der Waals surface area contributed by atoms with Gasteiger partial charge in [-0.2, -0.15) is 0 Å². The van der Waals surface area contributed by atoms with E-state index >= 15 is 0 Å². The molecule has 1 unspecified atom stereocenters. The Bertz CT molecular complexity index is 256. The van der Waals surface area contributed by atoms with Crippen LogP contribution in [0.3, 0.4) is 0 Å². The van der Waals surface area contributed by atoms with Crippen molar-refractivity contribution in [2.75, 3.05) is 7.11 Å². The Morgan fingerprint density at radius 2 is 2.08 bits per heavy atom. The number of rotatable bonds is 3. The van der Waals surface area contributed by atoms with Gasteiger partial charge in [0.2, 0.25) is 0 Å². The number of hydrogen-bond donors (Lipinski definition) is 1. The van der Waals surface area contributed by atoms with E-state index in [-0.39, 0.29) is 5.92 Å². The van der Waals surface area contributed by atoms with Crippen LogP contribution in [0.15, 0.2) is 18.3 Å². The maximum atomic E-state index is 9.66. The van der Waals surface area contributed by atoms with E-state index in [9.17, 15) is 5.11 Å². The molecule has 3 heteroatoms. The molecular formula is C10H15NO2. The lowest BCUT2D eigenvalue weighted by Crippen LogP contribution is -2.07. The summed E-state index contributed by atoms with van der Waals surface area (Å²) in [6.07, 6.45) is 1.12. The van der Waals surface area contributed by atoms with E-state index < -0.39 is 6.10 Å². The number of aromatic nitrogens is 1. The minimum atomic E-state index is -0.495. The molecule has 0 amide bonds. The van der Waals surface area contributed by atoms with E-state index in [0.29, 0.717) is 11.4 Å². The summed E-state index contributed by atoms with van der Waals surface area (Å²) in [4.78, 5) is 4.10. The molecule has 13 heavy (non-hydrogen) atoms. The number of aliphatic hydroxyl groups excluding tert-OH is 1. The van der Waals surface area contributed by atoms with Gasteiger partial charge in [0.25, 0.3) is 0 Å². The average Bonchev–Trinajstić information content (AvgIpc) is 2.17. The van der Waals surface area contributed by atoms with E-state index in [1.165, 1.54) is 0 Å². The molecule has 1 atom stereocenters. The molecule has 1 aromatic heterocycles. The van der Waals surface area contributed by atoms with Gasteiger partial charge in [-0.05, 0) is 18.1 Å². The number of ether oxygens (including phenoxy) is 1. The molecule has 0 fully saturated rings. The molecular weight excluding hydrogens is 166 g/mol. The van der Waals surface area contributed by atoms with E-state index in [1.54, 1.807) is 25.4 Å². The highest BCUT2D eigenvalue weighted by Crippen LogP contribution is 2.20. The van der Waals surface area contributed by atoms with Crippen LogP contribution in [-0.4, -0.2) is 17.2 Å². The molecule has 1 N–H and O–H groups in total. The molecule has 0 spiro atoms. The second-order valence-electron chi connectivity index (χ2n) is 3.31. The Morgan fingerprint density at radius 3 is 2.46 bits per heavy atom. The molecule has 0 aromatic carbocycles. The second kappa shape index (κ2) is 4.23. The summed E-state index contributed by atoms with van der Waals surface area (Å²) in [5.74, 6) is 0.889. The maximum absolute atomic E-state index is 9.66. The van der Waals surface area contributed by atoms with Gasteiger partial charge in [-0.3, -0.25) is 4.98 Å². The van der Waals surface area contributed by atoms with Crippen molar-refractivity contribution in [2.45, 2.75) is 20.0 Å². The number of hydrogen-bond acceptors (Lipinski definition) is 3. The van der Waals surface area contributed by atoms with Gasteiger partial charge in [0.15, 0.2) is 0 Å². The third kappa shape index (κ3) is 2.42. The molecule has 1 aromatic rings. The van der Waals surface area contributed by atoms with Gasteiger partial charge < -0.3 is 9.84 Å². The molecule has 0 saturated carbocycles. The second-order valence-corrected chi connectivity index (χ2v) is 3.31. The van der Waals surface area contributed by atoms with Crippen molar-refractivity contribution in [1.29, 1.82) is 0 Å². The Hall–Kier alpha value is -1.09. The van der Waals surface area contributed by atoms with Crippen molar-refractivity contribution in [2.24, 2.45) is 5.92 Å². The summed E-state index contributed by atoms with van der Waals surface area (Å²) in [6, 6.07) is 3.58. The molecule has 0 aliphatic rings. The molecule has 0 radical (unpaired) electrons. The van der Waals surface area contributed by atoms with E-state index in [4.69, 9.17) is 4.74 Å². The van der Waals surface area contributed by atoms with Crippen LogP contribution in [0.2, 0.25) is 0 Å². The molecule has 1 rings (SSSR count). The largest absolute Gasteiger partial charge is 0.495 e. The minimum absolute atomic E-state index is 0.181. The van der Waals surface area contributed by atoms with Crippen LogP contribution in [0.4, 0.5) is 0 Å². The molecule has 1 heterocycles. The van der Waals surface area contributed by atoms with Gasteiger partial charge >= 0.3 is 0 Å². The first kappa shape index (κ1) is 9.99. The summed E-state index contributed by atoms with van der Waals surface area (Å²) in [5, 5.41) is 9.66. The smallest absolute Gasteiger partial charge is 0.137 e. The maximum Gasteiger partial charge on any atom is 0.137 e. The van der Waals surface area contributed by atoms with Crippen molar-refractivity contribution < 1.29 is 9.84 Å². The van der Waals surface area contributed by atoms with Crippen LogP contribution < -0.4 is 4.74 Å². The predicted octanol–water partition coefficient (Wildman–Crippen LogP) is 1.78. The normalized spacial score (nSPS) is 13.0. The van der Waals surface area contributed by atoms with Gasteiger partial charge in [0.1, 0.15) is 5.75 Å². The molecule has 3 nitrogen and oxygen atoms in total. The number of pyridine rings is 1. The third-order valence-corrected chi connectivity index (χ3v) is 1.93. The number of nitrogens with zero attached hydrogens (tertiary/aromatic N) is 1. The van der Waals surface area contributed by atoms with Crippen molar-refractivity contribution in [3.63, 3.8) is 0 Å². The Morgan fingerprint density at radius 1 is 1.38 bits per heavy atom. The highest BCUT2D eigenvalue weighted by molar-refractivity contribution is 5.20. The standard InChI is InChI=1S/C10H15NO2/c1-7(2)10(12)9-5-4-8(13-3)6-11-9/h4-7,10,12H,1-3H3. The van der Waals surface area contributed by atoms with Crippen LogP contribution in [0.1, 0.15) is 25.6 Å². The fraction of sp³-hybridized carbons (Fsp3) is 0.500. The van der Waals surface area contributed by atoms with E-state index in [1.807, 2.05) is 13.8 Å². The summed E-state index contributed by atoms with van der Waals surface area (Å²) in [5.41, 5.74) is 0.691. The summed E-state index contributed by atoms with van der Waals surface area (Å²) >= 11 is 0. The van der Waals surface area contributed by atoms with Crippen molar-refractivity contribution >= 4 is 0 Å². The fourth-order valence-electron chi connectivity index (χ4n) is 1.03.